The Labute approximate surface area is 213 Å². The summed E-state index contributed by atoms with van der Waals surface area (Å²) in [6.07, 6.45) is 2.02. The molecule has 1 unspecified atom stereocenters. The Kier molecular flexibility index (Phi) is 10.4. The normalized spacial score (nSPS) is 11.4. The van der Waals surface area contributed by atoms with Gasteiger partial charge in [0.05, 0.1) is 31.8 Å². The Morgan fingerprint density at radius 3 is 2.28 bits per heavy atom. The number of amides is 1. The standard InChI is InChI=1S/C30H35NO5/c1-4-25(30(33)35-5-2)19-24-13-16-28(34-3)27(20-24)29(32)31-21-23-11-14-26(15-12-23)36-18-17-22-9-7-6-8-10-22/h6-16,20,25H,4-5,17-19,21H2,1-3H3,(H,31,32). The zero-order valence-corrected chi connectivity index (χ0v) is 21.3. The van der Waals surface area contributed by atoms with Gasteiger partial charge in [0.25, 0.3) is 5.91 Å². The number of esters is 1. The SMILES string of the molecule is CCOC(=O)C(CC)Cc1ccc(OC)c(C(=O)NCc2ccc(OCCc3ccccc3)cc2)c1. The van der Waals surface area contributed by atoms with Crippen LogP contribution in [0, 0.1) is 5.92 Å². The molecule has 0 heterocycles. The number of methoxy groups -OCH3 is 1. The molecule has 0 aliphatic rings. The molecular formula is C30H35NO5. The van der Waals surface area contributed by atoms with Gasteiger partial charge in [0.2, 0.25) is 0 Å². The molecule has 0 saturated carbocycles. The van der Waals surface area contributed by atoms with Gasteiger partial charge in [-0.05, 0) is 60.7 Å². The van der Waals surface area contributed by atoms with E-state index in [0.29, 0.717) is 43.9 Å². The summed E-state index contributed by atoms with van der Waals surface area (Å²) in [5.41, 5.74) is 3.53. The fourth-order valence-corrected chi connectivity index (χ4v) is 3.91. The van der Waals surface area contributed by atoms with Crippen molar-refractivity contribution in [1.29, 1.82) is 0 Å². The van der Waals surface area contributed by atoms with Crippen LogP contribution in [-0.4, -0.2) is 32.2 Å². The van der Waals surface area contributed by atoms with Crippen molar-refractivity contribution < 1.29 is 23.8 Å². The molecule has 6 nitrogen and oxygen atoms in total. The summed E-state index contributed by atoms with van der Waals surface area (Å²) in [6.45, 7) is 5.08. The van der Waals surface area contributed by atoms with E-state index >= 15 is 0 Å². The third-order valence-corrected chi connectivity index (χ3v) is 5.98. The predicted molar refractivity (Wildman–Crippen MR) is 140 cm³/mol. The number of ether oxygens (including phenoxy) is 3. The van der Waals surface area contributed by atoms with Crippen LogP contribution >= 0.6 is 0 Å². The lowest BCUT2D eigenvalue weighted by molar-refractivity contribution is -0.148. The minimum absolute atomic E-state index is 0.214. The highest BCUT2D eigenvalue weighted by molar-refractivity contribution is 5.97. The van der Waals surface area contributed by atoms with Crippen molar-refractivity contribution in [2.24, 2.45) is 5.92 Å². The van der Waals surface area contributed by atoms with Crippen molar-refractivity contribution in [3.05, 3.63) is 95.1 Å². The zero-order chi connectivity index (χ0) is 25.8. The van der Waals surface area contributed by atoms with E-state index in [0.717, 1.165) is 23.3 Å². The first-order valence-corrected chi connectivity index (χ1v) is 12.4. The second kappa shape index (κ2) is 13.9. The van der Waals surface area contributed by atoms with E-state index in [9.17, 15) is 9.59 Å². The molecule has 0 aliphatic carbocycles. The zero-order valence-electron chi connectivity index (χ0n) is 21.3. The minimum Gasteiger partial charge on any atom is -0.496 e. The molecule has 0 fully saturated rings. The maximum absolute atomic E-state index is 13.0. The quantitative estimate of drug-likeness (QED) is 0.327. The predicted octanol–water partition coefficient (Wildman–Crippen LogP) is 5.38. The van der Waals surface area contributed by atoms with Crippen molar-refractivity contribution in [1.82, 2.24) is 5.32 Å². The van der Waals surface area contributed by atoms with Crippen molar-refractivity contribution in [2.45, 2.75) is 39.7 Å². The summed E-state index contributed by atoms with van der Waals surface area (Å²) in [5.74, 6) is 0.586. The third kappa shape index (κ3) is 7.87. The molecule has 3 rings (SSSR count). The van der Waals surface area contributed by atoms with Gasteiger partial charge in [-0.25, -0.2) is 0 Å². The molecule has 0 spiro atoms. The van der Waals surface area contributed by atoms with Crippen molar-refractivity contribution in [3.8, 4) is 11.5 Å². The first kappa shape index (κ1) is 26.8. The van der Waals surface area contributed by atoms with Crippen LogP contribution in [0.3, 0.4) is 0 Å². The van der Waals surface area contributed by atoms with Crippen LogP contribution < -0.4 is 14.8 Å². The molecule has 36 heavy (non-hydrogen) atoms. The van der Waals surface area contributed by atoms with Crippen LogP contribution in [0.25, 0.3) is 0 Å². The smallest absolute Gasteiger partial charge is 0.309 e. The number of carbonyl (C=O) groups is 2. The van der Waals surface area contributed by atoms with E-state index in [4.69, 9.17) is 14.2 Å². The van der Waals surface area contributed by atoms with Gasteiger partial charge in [-0.15, -0.1) is 0 Å². The molecular weight excluding hydrogens is 454 g/mol. The van der Waals surface area contributed by atoms with Gasteiger partial charge in [0.1, 0.15) is 11.5 Å². The van der Waals surface area contributed by atoms with Gasteiger partial charge in [-0.2, -0.15) is 0 Å². The first-order valence-electron chi connectivity index (χ1n) is 12.4. The molecule has 3 aromatic rings. The highest BCUT2D eigenvalue weighted by Gasteiger charge is 2.20. The van der Waals surface area contributed by atoms with Gasteiger partial charge in [-0.1, -0.05) is 55.5 Å². The summed E-state index contributed by atoms with van der Waals surface area (Å²) in [7, 11) is 1.54. The number of hydrogen-bond acceptors (Lipinski definition) is 5. The lowest BCUT2D eigenvalue weighted by atomic mass is 9.95. The molecule has 1 amide bonds. The van der Waals surface area contributed by atoms with Crippen LogP contribution in [0.1, 0.15) is 47.3 Å². The van der Waals surface area contributed by atoms with Crippen molar-refractivity contribution in [2.75, 3.05) is 20.3 Å². The van der Waals surface area contributed by atoms with Gasteiger partial charge < -0.3 is 19.5 Å². The van der Waals surface area contributed by atoms with E-state index < -0.39 is 0 Å². The average molecular weight is 490 g/mol. The third-order valence-electron chi connectivity index (χ3n) is 5.98. The topological polar surface area (TPSA) is 73.9 Å². The Hall–Kier alpha value is -3.80. The Balaban J connectivity index is 1.56. The highest BCUT2D eigenvalue weighted by atomic mass is 16.5. The van der Waals surface area contributed by atoms with Crippen molar-refractivity contribution >= 4 is 11.9 Å². The molecule has 1 N–H and O–H groups in total. The average Bonchev–Trinajstić information content (AvgIpc) is 2.91. The molecule has 6 heteroatoms. The van der Waals surface area contributed by atoms with Crippen LogP contribution in [0.4, 0.5) is 0 Å². The molecule has 1 atom stereocenters. The molecule has 0 saturated heterocycles. The number of rotatable bonds is 13. The van der Waals surface area contributed by atoms with E-state index in [-0.39, 0.29) is 17.8 Å². The van der Waals surface area contributed by atoms with Gasteiger partial charge in [0.15, 0.2) is 0 Å². The van der Waals surface area contributed by atoms with Crippen LogP contribution in [0.5, 0.6) is 11.5 Å². The second-order valence-corrected chi connectivity index (χ2v) is 8.51. The summed E-state index contributed by atoms with van der Waals surface area (Å²) < 4.78 is 16.4. The molecule has 3 aromatic carbocycles. The summed E-state index contributed by atoms with van der Waals surface area (Å²) >= 11 is 0. The fourth-order valence-electron chi connectivity index (χ4n) is 3.91. The van der Waals surface area contributed by atoms with Gasteiger partial charge in [0, 0.05) is 13.0 Å². The fraction of sp³-hybridized carbons (Fsp3) is 0.333. The van der Waals surface area contributed by atoms with E-state index in [1.807, 2.05) is 55.5 Å². The molecule has 0 bridgehead atoms. The Bertz CT molecular complexity index is 1110. The molecule has 0 aliphatic heterocycles. The van der Waals surface area contributed by atoms with Gasteiger partial charge >= 0.3 is 5.97 Å². The highest BCUT2D eigenvalue weighted by Crippen LogP contribution is 2.23. The number of nitrogens with one attached hydrogen (secondary N) is 1. The Morgan fingerprint density at radius 1 is 0.889 bits per heavy atom. The van der Waals surface area contributed by atoms with Crippen LogP contribution in [-0.2, 0) is 28.9 Å². The first-order chi connectivity index (χ1) is 17.5. The van der Waals surface area contributed by atoms with Gasteiger partial charge in [-0.3, -0.25) is 9.59 Å². The second-order valence-electron chi connectivity index (χ2n) is 8.51. The monoisotopic (exact) mass is 489 g/mol. The lowest BCUT2D eigenvalue weighted by Crippen LogP contribution is -2.24. The number of carbonyl (C=O) groups excluding carboxylic acids is 2. The maximum Gasteiger partial charge on any atom is 0.309 e. The summed E-state index contributed by atoms with van der Waals surface area (Å²) in [4.78, 5) is 25.2. The summed E-state index contributed by atoms with van der Waals surface area (Å²) in [5, 5.41) is 2.96. The van der Waals surface area contributed by atoms with E-state index in [1.165, 1.54) is 12.7 Å². The van der Waals surface area contributed by atoms with Crippen LogP contribution in [0.2, 0.25) is 0 Å². The maximum atomic E-state index is 13.0. The summed E-state index contributed by atoms with van der Waals surface area (Å²) in [6, 6.07) is 23.4. The largest absolute Gasteiger partial charge is 0.496 e. The van der Waals surface area contributed by atoms with E-state index in [1.54, 1.807) is 19.1 Å². The minimum atomic E-state index is -0.248. The van der Waals surface area contributed by atoms with E-state index in [2.05, 4.69) is 17.4 Å². The van der Waals surface area contributed by atoms with Crippen LogP contribution in [0.15, 0.2) is 72.8 Å². The molecule has 190 valence electrons. The molecule has 0 radical (unpaired) electrons. The lowest BCUT2D eigenvalue weighted by Gasteiger charge is -2.15. The number of hydrogen-bond donors (Lipinski definition) is 1. The Morgan fingerprint density at radius 2 is 1.61 bits per heavy atom. The van der Waals surface area contributed by atoms with Crippen molar-refractivity contribution in [3.63, 3.8) is 0 Å². The molecule has 0 aromatic heterocycles. The number of benzene rings is 3.